The Hall–Kier alpha value is -1.93. The Labute approximate surface area is 148 Å². The Bertz CT molecular complexity index is 557. The number of ether oxygens (including phenoxy) is 2. The van der Waals surface area contributed by atoms with Crippen LogP contribution in [0.4, 0.5) is 5.82 Å². The Balaban J connectivity index is 1.41. The van der Waals surface area contributed by atoms with Crippen LogP contribution in [-0.2, 0) is 9.53 Å². The summed E-state index contributed by atoms with van der Waals surface area (Å²) in [6.45, 7) is 5.80. The number of morpholine rings is 1. The number of likely N-dealkylation sites (tertiary alicyclic amines) is 1. The summed E-state index contributed by atoms with van der Waals surface area (Å²) in [5, 5.41) is 3.38. The fraction of sp³-hybridized carbons (Fsp3) is 0.706. The van der Waals surface area contributed by atoms with Crippen LogP contribution in [0.2, 0.25) is 0 Å². The highest BCUT2D eigenvalue weighted by Gasteiger charge is 2.24. The van der Waals surface area contributed by atoms with Gasteiger partial charge in [0.05, 0.1) is 20.3 Å². The highest BCUT2D eigenvalue weighted by molar-refractivity contribution is 5.76. The first kappa shape index (κ1) is 17.9. The second-order valence-electron chi connectivity index (χ2n) is 6.42. The van der Waals surface area contributed by atoms with Crippen molar-refractivity contribution in [2.45, 2.75) is 25.3 Å². The van der Waals surface area contributed by atoms with Crippen LogP contribution in [0.25, 0.3) is 0 Å². The van der Waals surface area contributed by atoms with Crippen LogP contribution in [0, 0.1) is 0 Å². The molecule has 138 valence electrons. The van der Waals surface area contributed by atoms with Crippen molar-refractivity contribution >= 4 is 11.7 Å². The minimum Gasteiger partial charge on any atom is -0.478 e. The van der Waals surface area contributed by atoms with Crippen molar-refractivity contribution in [1.82, 2.24) is 19.8 Å². The molecule has 0 aliphatic carbocycles. The summed E-state index contributed by atoms with van der Waals surface area (Å²) >= 11 is 0. The molecule has 0 saturated carbocycles. The van der Waals surface area contributed by atoms with Gasteiger partial charge >= 0.3 is 0 Å². The number of nitrogens with one attached hydrogen (secondary N) is 1. The number of rotatable bonds is 6. The molecule has 0 aromatic carbocycles. The van der Waals surface area contributed by atoms with Crippen LogP contribution in [0.5, 0.6) is 5.88 Å². The normalized spacial score (nSPS) is 19.6. The number of carbonyl (C=O) groups is 1. The Kier molecular flexibility index (Phi) is 6.41. The summed E-state index contributed by atoms with van der Waals surface area (Å²) in [7, 11) is 1.59. The van der Waals surface area contributed by atoms with Gasteiger partial charge < -0.3 is 19.7 Å². The van der Waals surface area contributed by atoms with Gasteiger partial charge in [-0.2, -0.15) is 0 Å². The fourth-order valence-corrected chi connectivity index (χ4v) is 3.28. The number of aromatic nitrogens is 2. The predicted molar refractivity (Wildman–Crippen MR) is 93.7 cm³/mol. The number of carbonyl (C=O) groups excluding carboxylic acids is 1. The van der Waals surface area contributed by atoms with E-state index in [4.69, 9.17) is 9.47 Å². The van der Waals surface area contributed by atoms with Crippen LogP contribution >= 0.6 is 0 Å². The predicted octanol–water partition coefficient (Wildman–Crippen LogP) is 0.610. The average Bonchev–Trinajstić information content (AvgIpc) is 2.68. The zero-order valence-corrected chi connectivity index (χ0v) is 14.8. The van der Waals surface area contributed by atoms with Crippen molar-refractivity contribution in [3.05, 3.63) is 12.4 Å². The molecule has 0 spiro atoms. The first-order valence-electron chi connectivity index (χ1n) is 8.95. The summed E-state index contributed by atoms with van der Waals surface area (Å²) in [6, 6.07) is 0.286. The van der Waals surface area contributed by atoms with E-state index in [9.17, 15) is 4.79 Å². The molecule has 1 aromatic rings. The molecule has 0 unspecified atom stereocenters. The highest BCUT2D eigenvalue weighted by Crippen LogP contribution is 2.21. The number of methoxy groups -OCH3 is 1. The van der Waals surface area contributed by atoms with E-state index >= 15 is 0 Å². The van der Waals surface area contributed by atoms with Gasteiger partial charge in [0.1, 0.15) is 0 Å². The zero-order valence-electron chi connectivity index (χ0n) is 14.8. The van der Waals surface area contributed by atoms with E-state index in [0.717, 1.165) is 58.8 Å². The summed E-state index contributed by atoms with van der Waals surface area (Å²) in [6.07, 6.45) is 5.66. The lowest BCUT2D eigenvalue weighted by molar-refractivity contribution is -0.132. The second-order valence-corrected chi connectivity index (χ2v) is 6.42. The number of hydrogen-bond donors (Lipinski definition) is 1. The third-order valence-corrected chi connectivity index (χ3v) is 4.79. The standard InChI is InChI=1S/C17H27N5O3/c1-24-17-16(18-5-6-19-17)20-14-2-8-22(9-3-14)15(23)4-7-21-10-12-25-13-11-21/h5-6,14H,2-4,7-13H2,1H3,(H,18,20). The van der Waals surface area contributed by atoms with Gasteiger partial charge in [-0.1, -0.05) is 0 Å². The van der Waals surface area contributed by atoms with Crippen molar-refractivity contribution in [2.24, 2.45) is 0 Å². The third kappa shape index (κ3) is 5.02. The summed E-state index contributed by atoms with van der Waals surface area (Å²) in [5.41, 5.74) is 0. The molecular formula is C17H27N5O3. The number of amides is 1. The first-order chi connectivity index (χ1) is 12.3. The molecule has 0 atom stereocenters. The molecule has 2 aliphatic heterocycles. The summed E-state index contributed by atoms with van der Waals surface area (Å²) in [4.78, 5) is 25.1. The summed E-state index contributed by atoms with van der Waals surface area (Å²) in [5.74, 6) is 1.43. The van der Waals surface area contributed by atoms with Gasteiger partial charge in [0.25, 0.3) is 5.88 Å². The van der Waals surface area contributed by atoms with E-state index in [2.05, 4.69) is 20.2 Å². The van der Waals surface area contributed by atoms with Crippen molar-refractivity contribution < 1.29 is 14.3 Å². The molecule has 0 radical (unpaired) electrons. The molecule has 2 saturated heterocycles. The zero-order chi connectivity index (χ0) is 17.5. The number of piperidine rings is 1. The van der Waals surface area contributed by atoms with Crippen LogP contribution in [0.15, 0.2) is 12.4 Å². The Morgan fingerprint density at radius 2 is 1.96 bits per heavy atom. The van der Waals surface area contributed by atoms with Crippen molar-refractivity contribution in [3.63, 3.8) is 0 Å². The largest absolute Gasteiger partial charge is 0.478 e. The van der Waals surface area contributed by atoms with Gasteiger partial charge in [-0.05, 0) is 12.8 Å². The van der Waals surface area contributed by atoms with Crippen LogP contribution < -0.4 is 10.1 Å². The second kappa shape index (κ2) is 8.96. The van der Waals surface area contributed by atoms with Crippen LogP contribution in [-0.4, -0.2) is 84.8 Å². The lowest BCUT2D eigenvalue weighted by Crippen LogP contribution is -2.44. The minimum absolute atomic E-state index is 0.252. The molecule has 2 aliphatic rings. The maximum Gasteiger partial charge on any atom is 0.257 e. The first-order valence-corrected chi connectivity index (χ1v) is 8.95. The topological polar surface area (TPSA) is 79.8 Å². The monoisotopic (exact) mass is 349 g/mol. The van der Waals surface area contributed by atoms with E-state index < -0.39 is 0 Å². The molecule has 1 amide bonds. The smallest absolute Gasteiger partial charge is 0.257 e. The Morgan fingerprint density at radius 3 is 2.68 bits per heavy atom. The van der Waals surface area contributed by atoms with E-state index in [1.165, 1.54) is 0 Å². The number of nitrogens with zero attached hydrogens (tertiary/aromatic N) is 4. The Morgan fingerprint density at radius 1 is 1.24 bits per heavy atom. The lowest BCUT2D eigenvalue weighted by atomic mass is 10.0. The maximum absolute atomic E-state index is 12.4. The molecule has 2 fully saturated rings. The van der Waals surface area contributed by atoms with Gasteiger partial charge in [-0.15, -0.1) is 0 Å². The molecule has 1 aromatic heterocycles. The maximum atomic E-state index is 12.4. The van der Waals surface area contributed by atoms with E-state index in [1.807, 2.05) is 4.90 Å². The number of hydrogen-bond acceptors (Lipinski definition) is 7. The van der Waals surface area contributed by atoms with Crippen LogP contribution in [0.3, 0.4) is 0 Å². The molecule has 1 N–H and O–H groups in total. The highest BCUT2D eigenvalue weighted by atomic mass is 16.5. The SMILES string of the molecule is COc1nccnc1NC1CCN(C(=O)CCN2CCOCC2)CC1. The molecular weight excluding hydrogens is 322 g/mol. The summed E-state index contributed by atoms with van der Waals surface area (Å²) < 4.78 is 10.6. The molecule has 3 rings (SSSR count). The average molecular weight is 349 g/mol. The van der Waals surface area contributed by atoms with Crippen molar-refractivity contribution in [3.8, 4) is 5.88 Å². The fourth-order valence-electron chi connectivity index (χ4n) is 3.28. The van der Waals surface area contributed by atoms with Gasteiger partial charge in [0.2, 0.25) is 5.91 Å². The molecule has 8 heteroatoms. The van der Waals surface area contributed by atoms with Gasteiger partial charge in [0, 0.05) is 57.6 Å². The molecule has 25 heavy (non-hydrogen) atoms. The molecule has 0 bridgehead atoms. The van der Waals surface area contributed by atoms with Crippen molar-refractivity contribution in [1.29, 1.82) is 0 Å². The van der Waals surface area contributed by atoms with Crippen LogP contribution in [0.1, 0.15) is 19.3 Å². The lowest BCUT2D eigenvalue weighted by Gasteiger charge is -2.33. The number of anilines is 1. The van der Waals surface area contributed by atoms with Gasteiger partial charge in [-0.3, -0.25) is 9.69 Å². The third-order valence-electron chi connectivity index (χ3n) is 4.79. The molecule has 8 nitrogen and oxygen atoms in total. The minimum atomic E-state index is 0.252. The van der Waals surface area contributed by atoms with E-state index in [-0.39, 0.29) is 11.9 Å². The van der Waals surface area contributed by atoms with Gasteiger partial charge in [0.15, 0.2) is 5.82 Å². The quantitative estimate of drug-likeness (QED) is 0.806. The van der Waals surface area contributed by atoms with Gasteiger partial charge in [-0.25, -0.2) is 9.97 Å². The van der Waals surface area contributed by atoms with E-state index in [1.54, 1.807) is 19.5 Å². The van der Waals surface area contributed by atoms with Crippen molar-refractivity contribution in [2.75, 3.05) is 58.4 Å². The molecule has 3 heterocycles. The van der Waals surface area contributed by atoms with E-state index in [0.29, 0.717) is 18.1 Å².